The quantitative estimate of drug-likeness (QED) is 0.398. The van der Waals surface area contributed by atoms with Gasteiger partial charge in [0.05, 0.1) is 6.20 Å². The number of Topliss-reactive ketones (excluding diaryl/α,β-unsaturated/α-hetero) is 1. The third kappa shape index (κ3) is 3.68. The van der Waals surface area contributed by atoms with Gasteiger partial charge in [-0.3, -0.25) is 19.0 Å². The van der Waals surface area contributed by atoms with Crippen LogP contribution in [-0.2, 0) is 16.0 Å². The molecule has 4 rings (SSSR count). The molecule has 4 aromatic rings. The van der Waals surface area contributed by atoms with E-state index in [0.29, 0.717) is 5.82 Å². The number of nitrogens with one attached hydrogen (secondary N) is 2. The Morgan fingerprint density at radius 3 is 2.70 bits per heavy atom. The number of aromatic amines is 1. The molecule has 1 unspecified atom stereocenters. The summed E-state index contributed by atoms with van der Waals surface area (Å²) in [6.45, 7) is 0. The van der Waals surface area contributed by atoms with Gasteiger partial charge in [-0.25, -0.2) is 9.97 Å². The molecule has 0 saturated carbocycles. The molecule has 1 aromatic carbocycles. The zero-order valence-corrected chi connectivity index (χ0v) is 15.8. The molecule has 0 saturated heterocycles. The highest BCUT2D eigenvalue weighted by molar-refractivity contribution is 6.38. The van der Waals surface area contributed by atoms with Crippen molar-refractivity contribution in [3.8, 4) is 5.82 Å². The fraction of sp³-hybridized carbons (Fsp3) is 0.0952. The van der Waals surface area contributed by atoms with Gasteiger partial charge >= 0.3 is 0 Å². The summed E-state index contributed by atoms with van der Waals surface area (Å²) in [6, 6.07) is 11.7. The van der Waals surface area contributed by atoms with Crippen molar-refractivity contribution in [2.24, 2.45) is 5.73 Å². The minimum absolute atomic E-state index is 0.106. The SMILES string of the molecule is NC(=O)C(=O)C(Cc1c[nH]c2ccccc12)NC(=O)c1cncn1-c1ccccn1. The second kappa shape index (κ2) is 8.00. The minimum Gasteiger partial charge on any atom is -0.363 e. The lowest BCUT2D eigenvalue weighted by Gasteiger charge is -2.16. The summed E-state index contributed by atoms with van der Waals surface area (Å²) < 4.78 is 1.49. The van der Waals surface area contributed by atoms with Gasteiger partial charge in [-0.05, 0) is 23.8 Å². The maximum Gasteiger partial charge on any atom is 0.287 e. The molecule has 3 aromatic heterocycles. The first-order chi connectivity index (χ1) is 14.5. The first-order valence-electron chi connectivity index (χ1n) is 9.18. The number of hydrogen-bond acceptors (Lipinski definition) is 5. The van der Waals surface area contributed by atoms with Crippen LogP contribution < -0.4 is 11.1 Å². The third-order valence-corrected chi connectivity index (χ3v) is 4.73. The minimum atomic E-state index is -1.12. The predicted molar refractivity (Wildman–Crippen MR) is 109 cm³/mol. The van der Waals surface area contributed by atoms with E-state index in [4.69, 9.17) is 5.73 Å². The largest absolute Gasteiger partial charge is 0.363 e. The molecular weight excluding hydrogens is 384 g/mol. The zero-order valence-electron chi connectivity index (χ0n) is 15.8. The Balaban J connectivity index is 1.62. The Labute approximate surface area is 170 Å². The van der Waals surface area contributed by atoms with Gasteiger partial charge in [0.15, 0.2) is 0 Å². The first-order valence-corrected chi connectivity index (χ1v) is 9.18. The number of carbonyl (C=O) groups is 3. The lowest BCUT2D eigenvalue weighted by atomic mass is 10.0. The van der Waals surface area contributed by atoms with E-state index in [0.717, 1.165) is 16.5 Å². The van der Waals surface area contributed by atoms with Crippen LogP contribution in [0.25, 0.3) is 16.7 Å². The van der Waals surface area contributed by atoms with Crippen molar-refractivity contribution in [2.45, 2.75) is 12.5 Å². The average molecular weight is 402 g/mol. The molecular formula is C21H18N6O3. The van der Waals surface area contributed by atoms with Gasteiger partial charge in [0.25, 0.3) is 11.8 Å². The van der Waals surface area contributed by atoms with Gasteiger partial charge in [-0.1, -0.05) is 24.3 Å². The zero-order chi connectivity index (χ0) is 21.1. The molecule has 150 valence electrons. The van der Waals surface area contributed by atoms with Crippen LogP contribution in [0.15, 0.2) is 67.4 Å². The molecule has 9 nitrogen and oxygen atoms in total. The summed E-state index contributed by atoms with van der Waals surface area (Å²) in [5.41, 5.74) is 7.06. The molecule has 30 heavy (non-hydrogen) atoms. The van der Waals surface area contributed by atoms with Gasteiger partial charge in [0.1, 0.15) is 23.9 Å². The van der Waals surface area contributed by atoms with Crippen molar-refractivity contribution < 1.29 is 14.4 Å². The number of imidazole rings is 1. The lowest BCUT2D eigenvalue weighted by Crippen LogP contribution is -2.47. The number of fused-ring (bicyclic) bond motifs is 1. The molecule has 1 atom stereocenters. The van der Waals surface area contributed by atoms with Gasteiger partial charge in [-0.2, -0.15) is 0 Å². The van der Waals surface area contributed by atoms with E-state index in [1.807, 2.05) is 24.3 Å². The Hall–Kier alpha value is -4.27. The number of nitrogens with zero attached hydrogens (tertiary/aromatic N) is 3. The predicted octanol–water partition coefficient (Wildman–Crippen LogP) is 1.14. The molecule has 2 amide bonds. The van der Waals surface area contributed by atoms with Crippen LogP contribution in [0, 0.1) is 0 Å². The number of amides is 2. The summed E-state index contributed by atoms with van der Waals surface area (Å²) in [5, 5.41) is 3.52. The molecule has 9 heteroatoms. The highest BCUT2D eigenvalue weighted by atomic mass is 16.2. The van der Waals surface area contributed by atoms with Crippen molar-refractivity contribution >= 4 is 28.5 Å². The smallest absolute Gasteiger partial charge is 0.287 e. The van der Waals surface area contributed by atoms with Crippen LogP contribution in [0.3, 0.4) is 0 Å². The molecule has 0 aliphatic rings. The highest BCUT2D eigenvalue weighted by Gasteiger charge is 2.28. The molecule has 4 N–H and O–H groups in total. The number of hydrogen-bond donors (Lipinski definition) is 3. The number of benzene rings is 1. The molecule has 3 heterocycles. The normalized spacial score (nSPS) is 11.9. The van der Waals surface area contributed by atoms with Crippen LogP contribution in [-0.4, -0.2) is 43.2 Å². The van der Waals surface area contributed by atoms with E-state index in [2.05, 4.69) is 20.3 Å². The van der Waals surface area contributed by atoms with E-state index < -0.39 is 23.6 Å². The molecule has 0 radical (unpaired) electrons. The van der Waals surface area contributed by atoms with Crippen LogP contribution in [0.4, 0.5) is 0 Å². The number of carbonyl (C=O) groups excluding carboxylic acids is 3. The molecule has 0 bridgehead atoms. The molecule has 0 fully saturated rings. The van der Waals surface area contributed by atoms with Crippen molar-refractivity contribution in [1.29, 1.82) is 0 Å². The van der Waals surface area contributed by atoms with E-state index in [1.54, 1.807) is 30.6 Å². The number of rotatable bonds is 7. The fourth-order valence-electron chi connectivity index (χ4n) is 3.28. The number of H-pyrrole nitrogens is 1. The molecule has 0 aliphatic heterocycles. The summed E-state index contributed by atoms with van der Waals surface area (Å²) >= 11 is 0. The number of primary amides is 1. The fourth-order valence-corrected chi connectivity index (χ4v) is 3.28. The van der Waals surface area contributed by atoms with Gasteiger partial charge in [0.2, 0.25) is 5.78 Å². The molecule has 0 spiro atoms. The van der Waals surface area contributed by atoms with E-state index in [-0.39, 0.29) is 12.1 Å². The van der Waals surface area contributed by atoms with Crippen molar-refractivity contribution in [3.05, 3.63) is 78.6 Å². The Kier molecular flexibility index (Phi) is 5.08. The third-order valence-electron chi connectivity index (χ3n) is 4.73. The summed E-state index contributed by atoms with van der Waals surface area (Å²) in [7, 11) is 0. The number of pyridine rings is 1. The topological polar surface area (TPSA) is 136 Å². The number of aromatic nitrogens is 4. The average Bonchev–Trinajstić information content (AvgIpc) is 3.41. The van der Waals surface area contributed by atoms with Crippen LogP contribution in [0.2, 0.25) is 0 Å². The number of nitrogens with two attached hydrogens (primary N) is 1. The number of para-hydroxylation sites is 1. The van der Waals surface area contributed by atoms with Crippen LogP contribution in [0.5, 0.6) is 0 Å². The van der Waals surface area contributed by atoms with Crippen LogP contribution >= 0.6 is 0 Å². The van der Waals surface area contributed by atoms with Gasteiger partial charge in [-0.15, -0.1) is 0 Å². The monoisotopic (exact) mass is 402 g/mol. The van der Waals surface area contributed by atoms with Gasteiger partial charge < -0.3 is 16.0 Å². The summed E-state index contributed by atoms with van der Waals surface area (Å²) in [6.07, 6.45) is 6.25. The highest BCUT2D eigenvalue weighted by Crippen LogP contribution is 2.19. The first kappa shape index (κ1) is 19.1. The van der Waals surface area contributed by atoms with Crippen molar-refractivity contribution in [2.75, 3.05) is 0 Å². The standard InChI is InChI=1S/C21H18N6O3/c22-20(29)19(28)16(9-13-10-25-15-6-2-1-5-14(13)15)26-21(30)17-11-23-12-27(17)18-7-3-4-8-24-18/h1-8,10-12,16,25H,9H2,(H2,22,29)(H,26,30). The van der Waals surface area contributed by atoms with E-state index in [9.17, 15) is 14.4 Å². The Morgan fingerprint density at radius 2 is 1.93 bits per heavy atom. The molecule has 0 aliphatic carbocycles. The van der Waals surface area contributed by atoms with E-state index in [1.165, 1.54) is 17.1 Å². The number of ketones is 1. The lowest BCUT2D eigenvalue weighted by molar-refractivity contribution is -0.137. The van der Waals surface area contributed by atoms with Gasteiger partial charge in [0, 0.05) is 29.7 Å². The Morgan fingerprint density at radius 1 is 1.13 bits per heavy atom. The van der Waals surface area contributed by atoms with Crippen molar-refractivity contribution in [1.82, 2.24) is 24.8 Å². The maximum absolute atomic E-state index is 12.9. The Bertz CT molecular complexity index is 1230. The van der Waals surface area contributed by atoms with Crippen molar-refractivity contribution in [3.63, 3.8) is 0 Å². The summed E-state index contributed by atoms with van der Waals surface area (Å²) in [4.78, 5) is 48.2. The second-order valence-corrected chi connectivity index (χ2v) is 6.65. The van der Waals surface area contributed by atoms with E-state index >= 15 is 0 Å². The second-order valence-electron chi connectivity index (χ2n) is 6.65. The van der Waals surface area contributed by atoms with Crippen LogP contribution in [0.1, 0.15) is 16.1 Å². The summed E-state index contributed by atoms with van der Waals surface area (Å²) in [5.74, 6) is -2.07. The maximum atomic E-state index is 12.9.